The Balaban J connectivity index is 1.18. The van der Waals surface area contributed by atoms with Crippen molar-refractivity contribution in [3.63, 3.8) is 0 Å². The Labute approximate surface area is 231 Å². The van der Waals surface area contributed by atoms with Crippen LogP contribution >= 0.6 is 11.6 Å². The average molecular weight is 537 g/mol. The maximum Gasteiger partial charge on any atom is 0.228 e. The number of rotatable bonds is 4. The van der Waals surface area contributed by atoms with Gasteiger partial charge in [-0.3, -0.25) is 9.59 Å². The third kappa shape index (κ3) is 3.93. The molecule has 7 rings (SSSR count). The van der Waals surface area contributed by atoms with E-state index in [1.54, 1.807) is 17.0 Å². The van der Waals surface area contributed by atoms with Crippen LogP contribution in [0.1, 0.15) is 30.4 Å². The van der Waals surface area contributed by atoms with Gasteiger partial charge in [0.1, 0.15) is 0 Å². The number of aromatic nitrogens is 2. The van der Waals surface area contributed by atoms with Crippen molar-refractivity contribution in [1.82, 2.24) is 14.9 Å². The zero-order valence-corrected chi connectivity index (χ0v) is 22.2. The van der Waals surface area contributed by atoms with E-state index in [1.165, 1.54) is 21.9 Å². The molecule has 0 aliphatic carbocycles. The van der Waals surface area contributed by atoms with Crippen LogP contribution in [0, 0.1) is 5.92 Å². The number of carbonyl (C=O) groups excluding carboxylic acids is 2. The molecule has 0 saturated carbocycles. The van der Waals surface area contributed by atoms with Gasteiger partial charge in [0.05, 0.1) is 5.92 Å². The van der Waals surface area contributed by atoms with E-state index in [9.17, 15) is 9.59 Å². The lowest BCUT2D eigenvalue weighted by Gasteiger charge is -2.43. The summed E-state index contributed by atoms with van der Waals surface area (Å²) in [7, 11) is 0. The quantitative estimate of drug-likeness (QED) is 0.284. The first-order valence-electron chi connectivity index (χ1n) is 13.5. The number of carbonyl (C=O) groups is 2. The SMILES string of the molecule is O=C(C1CC(=O)N(c2cccc(Cl)c2)C1)N1CCC(c2c[nH]c3ccccc23)(c2c[nH]c3ccccc23)CC1. The van der Waals surface area contributed by atoms with E-state index < -0.39 is 0 Å². The number of para-hydroxylation sites is 2. The van der Waals surface area contributed by atoms with Crippen LogP contribution < -0.4 is 4.90 Å². The molecule has 1 atom stereocenters. The second kappa shape index (κ2) is 9.31. The standard InChI is InChI=1S/C32H29ClN4O2/c33-22-6-5-7-23(17-22)37-20-21(16-30(37)38)31(39)36-14-12-32(13-15-36,26-18-34-28-10-3-1-8-24(26)28)27-19-35-29-11-4-2-9-25(27)29/h1-11,17-19,21,34-35H,12-16,20H2. The van der Waals surface area contributed by atoms with Crippen LogP contribution in [-0.4, -0.2) is 46.3 Å². The molecule has 2 N–H and O–H groups in total. The van der Waals surface area contributed by atoms with Crippen LogP contribution in [0.15, 0.2) is 85.2 Å². The Morgan fingerprint density at radius 1 is 0.846 bits per heavy atom. The lowest BCUT2D eigenvalue weighted by molar-refractivity contribution is -0.137. The van der Waals surface area contributed by atoms with Gasteiger partial charge in [0.2, 0.25) is 11.8 Å². The van der Waals surface area contributed by atoms with Gasteiger partial charge < -0.3 is 19.8 Å². The summed E-state index contributed by atoms with van der Waals surface area (Å²) in [6.45, 7) is 1.67. The number of piperidine rings is 1. The van der Waals surface area contributed by atoms with Crippen LogP contribution in [0.3, 0.4) is 0 Å². The third-order valence-electron chi connectivity index (χ3n) is 8.73. The van der Waals surface area contributed by atoms with Crippen LogP contribution in [0.4, 0.5) is 5.69 Å². The number of nitrogens with zero attached hydrogens (tertiary/aromatic N) is 2. The summed E-state index contributed by atoms with van der Waals surface area (Å²) in [5, 5.41) is 3.03. The lowest BCUT2D eigenvalue weighted by Crippen LogP contribution is -2.47. The van der Waals surface area contributed by atoms with Crippen molar-refractivity contribution in [1.29, 1.82) is 0 Å². The summed E-state index contributed by atoms with van der Waals surface area (Å²) in [6, 6.07) is 24.2. The Bertz CT molecular complexity index is 1640. The number of H-pyrrole nitrogens is 2. The number of halogens is 1. The maximum absolute atomic E-state index is 13.7. The normalized spacial score (nSPS) is 19.3. The van der Waals surface area contributed by atoms with Gasteiger partial charge in [0.25, 0.3) is 0 Å². The number of hydrogen-bond donors (Lipinski definition) is 2. The van der Waals surface area contributed by atoms with Gasteiger partial charge in [-0.2, -0.15) is 0 Å². The molecule has 2 saturated heterocycles. The molecular weight excluding hydrogens is 508 g/mol. The van der Waals surface area contributed by atoms with E-state index >= 15 is 0 Å². The van der Waals surface area contributed by atoms with Gasteiger partial charge in [-0.05, 0) is 54.3 Å². The minimum Gasteiger partial charge on any atom is -0.361 e. The smallest absolute Gasteiger partial charge is 0.228 e. The highest BCUT2D eigenvalue weighted by atomic mass is 35.5. The summed E-state index contributed by atoms with van der Waals surface area (Å²) in [5.74, 6) is -0.302. The molecule has 0 spiro atoms. The van der Waals surface area contributed by atoms with Crippen molar-refractivity contribution in [2.24, 2.45) is 5.92 Å². The zero-order valence-electron chi connectivity index (χ0n) is 21.5. The van der Waals surface area contributed by atoms with Gasteiger partial charge in [-0.15, -0.1) is 0 Å². The molecule has 39 heavy (non-hydrogen) atoms. The lowest BCUT2D eigenvalue weighted by atomic mass is 9.67. The van der Waals surface area contributed by atoms with Gasteiger partial charge in [-0.25, -0.2) is 0 Å². The molecule has 7 heteroatoms. The Kier molecular flexibility index (Phi) is 5.74. The highest BCUT2D eigenvalue weighted by molar-refractivity contribution is 6.31. The molecule has 2 aliphatic rings. The number of hydrogen-bond acceptors (Lipinski definition) is 2. The Morgan fingerprint density at radius 3 is 2.08 bits per heavy atom. The van der Waals surface area contributed by atoms with Crippen molar-refractivity contribution in [3.8, 4) is 0 Å². The predicted octanol–water partition coefficient (Wildman–Crippen LogP) is 6.26. The highest BCUT2D eigenvalue weighted by Crippen LogP contribution is 2.47. The summed E-state index contributed by atoms with van der Waals surface area (Å²) in [6.07, 6.45) is 6.16. The minimum absolute atomic E-state index is 0.0282. The largest absolute Gasteiger partial charge is 0.361 e. The fourth-order valence-electron chi connectivity index (χ4n) is 6.75. The van der Waals surface area contributed by atoms with Crippen molar-refractivity contribution in [3.05, 3.63) is 101 Å². The van der Waals surface area contributed by atoms with Gasteiger partial charge in [0.15, 0.2) is 0 Å². The Hall–Kier alpha value is -4.03. The molecular formula is C32H29ClN4O2. The van der Waals surface area contributed by atoms with E-state index in [0.717, 1.165) is 29.6 Å². The molecule has 5 aromatic rings. The molecule has 4 heterocycles. The minimum atomic E-state index is -0.342. The van der Waals surface area contributed by atoms with Crippen molar-refractivity contribution < 1.29 is 9.59 Å². The first kappa shape index (κ1) is 24.0. The highest BCUT2D eigenvalue weighted by Gasteiger charge is 2.44. The fraction of sp³-hybridized carbons (Fsp3) is 0.250. The zero-order chi connectivity index (χ0) is 26.6. The maximum atomic E-state index is 13.7. The Morgan fingerprint density at radius 2 is 1.46 bits per heavy atom. The van der Waals surface area contributed by atoms with Crippen LogP contribution in [0.5, 0.6) is 0 Å². The summed E-state index contributed by atoms with van der Waals surface area (Å²) in [5.41, 5.74) is 5.30. The van der Waals surface area contributed by atoms with Gasteiger partial charge in [-0.1, -0.05) is 54.1 Å². The van der Waals surface area contributed by atoms with E-state index in [4.69, 9.17) is 11.6 Å². The number of amides is 2. The molecule has 1 unspecified atom stereocenters. The van der Waals surface area contributed by atoms with E-state index in [1.807, 2.05) is 17.0 Å². The number of anilines is 1. The summed E-state index contributed by atoms with van der Waals surface area (Å²) >= 11 is 6.16. The molecule has 0 bridgehead atoms. The third-order valence-corrected chi connectivity index (χ3v) is 8.97. The number of nitrogens with one attached hydrogen (secondary N) is 2. The fourth-order valence-corrected chi connectivity index (χ4v) is 6.94. The molecule has 196 valence electrons. The van der Waals surface area contributed by atoms with Crippen molar-refractivity contribution in [2.75, 3.05) is 24.5 Å². The van der Waals surface area contributed by atoms with E-state index in [0.29, 0.717) is 24.7 Å². The molecule has 2 aromatic heterocycles. The van der Waals surface area contributed by atoms with Crippen molar-refractivity contribution >= 4 is 50.9 Å². The van der Waals surface area contributed by atoms with Crippen LogP contribution in [0.2, 0.25) is 5.02 Å². The summed E-state index contributed by atoms with van der Waals surface area (Å²) in [4.78, 5) is 37.2. The molecule has 0 radical (unpaired) electrons. The van der Waals surface area contributed by atoms with E-state index in [2.05, 4.69) is 70.9 Å². The molecule has 3 aromatic carbocycles. The average Bonchev–Trinajstić information content (AvgIpc) is 3.70. The number of benzene rings is 3. The van der Waals surface area contributed by atoms with Crippen LogP contribution in [-0.2, 0) is 15.0 Å². The number of aromatic amines is 2. The topological polar surface area (TPSA) is 72.2 Å². The van der Waals surface area contributed by atoms with Gasteiger partial charge >= 0.3 is 0 Å². The molecule has 6 nitrogen and oxygen atoms in total. The number of likely N-dealkylation sites (tertiary alicyclic amines) is 1. The molecule has 2 amide bonds. The monoisotopic (exact) mass is 536 g/mol. The molecule has 2 fully saturated rings. The predicted molar refractivity (Wildman–Crippen MR) is 155 cm³/mol. The first-order chi connectivity index (χ1) is 19.0. The number of fused-ring (bicyclic) bond motifs is 2. The summed E-state index contributed by atoms with van der Waals surface area (Å²) < 4.78 is 0. The van der Waals surface area contributed by atoms with Crippen molar-refractivity contribution in [2.45, 2.75) is 24.7 Å². The van der Waals surface area contributed by atoms with Crippen LogP contribution in [0.25, 0.3) is 21.8 Å². The second-order valence-corrected chi connectivity index (χ2v) is 11.2. The second-order valence-electron chi connectivity index (χ2n) is 10.8. The van der Waals surface area contributed by atoms with Gasteiger partial charge in [0, 0.05) is 76.4 Å². The molecule has 2 aliphatic heterocycles. The first-order valence-corrected chi connectivity index (χ1v) is 13.9. The van der Waals surface area contributed by atoms with E-state index in [-0.39, 0.29) is 29.6 Å².